The number of carbonyl (C=O) groups is 2. The highest BCUT2D eigenvalue weighted by molar-refractivity contribution is 6.33. The van der Waals surface area contributed by atoms with Crippen molar-refractivity contribution in [2.45, 2.75) is 44.6 Å². The molecule has 10 heteroatoms. The van der Waals surface area contributed by atoms with Crippen molar-refractivity contribution in [3.8, 4) is 11.1 Å². The summed E-state index contributed by atoms with van der Waals surface area (Å²) in [6.07, 6.45) is 2.74. The zero-order valence-corrected chi connectivity index (χ0v) is 20.1. The van der Waals surface area contributed by atoms with E-state index in [1.807, 2.05) is 19.1 Å². The van der Waals surface area contributed by atoms with E-state index < -0.39 is 29.7 Å². The molecule has 1 aliphatic rings. The normalized spacial score (nSPS) is 16.5. The fraction of sp³-hybridized carbons (Fsp3) is 0.360. The van der Waals surface area contributed by atoms with E-state index in [9.17, 15) is 18.4 Å². The average Bonchev–Trinajstić information content (AvgIpc) is 3.24. The molecule has 35 heavy (non-hydrogen) atoms. The second-order valence-corrected chi connectivity index (χ2v) is 9.21. The smallest absolute Gasteiger partial charge is 0.270 e. The number of hydrogen-bond donors (Lipinski definition) is 2. The Morgan fingerprint density at radius 2 is 1.80 bits per heavy atom. The zero-order valence-electron chi connectivity index (χ0n) is 19.4. The first-order chi connectivity index (χ1) is 16.6. The van der Waals surface area contributed by atoms with Crippen molar-refractivity contribution in [3.63, 3.8) is 0 Å². The minimum absolute atomic E-state index is 0.133. The minimum atomic E-state index is -2.74. The molecule has 4 rings (SSSR count). The maximum Gasteiger partial charge on any atom is 0.270 e. The van der Waals surface area contributed by atoms with Gasteiger partial charge in [-0.1, -0.05) is 23.7 Å². The number of pyridine rings is 1. The average molecular weight is 502 g/mol. The van der Waals surface area contributed by atoms with Crippen molar-refractivity contribution >= 4 is 29.1 Å². The lowest BCUT2D eigenvalue weighted by atomic mass is 9.81. The first-order valence-electron chi connectivity index (χ1n) is 11.3. The van der Waals surface area contributed by atoms with Crippen LogP contribution in [-0.4, -0.2) is 38.5 Å². The Kier molecular flexibility index (Phi) is 7.16. The number of nitrogens with one attached hydrogen (secondary N) is 2. The molecule has 0 bridgehead atoms. The number of alkyl halides is 2. The molecule has 3 aromatic rings. The van der Waals surface area contributed by atoms with E-state index in [0.29, 0.717) is 10.7 Å². The largest absolute Gasteiger partial charge is 0.339 e. The van der Waals surface area contributed by atoms with Crippen LogP contribution in [0.4, 0.5) is 14.5 Å². The molecule has 7 nitrogen and oxygen atoms in total. The fourth-order valence-electron chi connectivity index (χ4n) is 4.43. The zero-order chi connectivity index (χ0) is 25.2. The Morgan fingerprint density at radius 3 is 2.40 bits per heavy atom. The van der Waals surface area contributed by atoms with E-state index in [1.165, 1.54) is 16.9 Å². The Morgan fingerprint density at radius 1 is 1.11 bits per heavy atom. The van der Waals surface area contributed by atoms with Gasteiger partial charge in [-0.05, 0) is 55.5 Å². The lowest BCUT2D eigenvalue weighted by Gasteiger charge is -2.33. The first-order valence-corrected chi connectivity index (χ1v) is 11.7. The van der Waals surface area contributed by atoms with Gasteiger partial charge in [-0.2, -0.15) is 5.10 Å². The maximum absolute atomic E-state index is 13.7. The predicted molar refractivity (Wildman–Crippen MR) is 129 cm³/mol. The molecule has 2 heterocycles. The number of anilines is 1. The summed E-state index contributed by atoms with van der Waals surface area (Å²) in [5.41, 5.74) is 3.21. The third-order valence-electron chi connectivity index (χ3n) is 6.39. The quantitative estimate of drug-likeness (QED) is 0.497. The number of benzene rings is 1. The van der Waals surface area contributed by atoms with E-state index in [1.54, 1.807) is 31.4 Å². The van der Waals surface area contributed by atoms with Gasteiger partial charge < -0.3 is 10.6 Å². The number of aromatic nitrogens is 3. The van der Waals surface area contributed by atoms with Crippen LogP contribution in [0.2, 0.25) is 5.02 Å². The van der Waals surface area contributed by atoms with Gasteiger partial charge in [0.2, 0.25) is 11.8 Å². The summed E-state index contributed by atoms with van der Waals surface area (Å²) in [7, 11) is 1.61. The number of halogens is 3. The topological polar surface area (TPSA) is 88.9 Å². The van der Waals surface area contributed by atoms with Crippen LogP contribution in [0.15, 0.2) is 48.8 Å². The van der Waals surface area contributed by atoms with Crippen molar-refractivity contribution in [3.05, 3.63) is 65.2 Å². The highest BCUT2D eigenvalue weighted by Crippen LogP contribution is 2.38. The summed E-state index contributed by atoms with van der Waals surface area (Å²) < 4.78 is 28.9. The van der Waals surface area contributed by atoms with Crippen molar-refractivity contribution in [2.75, 3.05) is 5.32 Å². The molecule has 0 spiro atoms. The number of rotatable bonds is 6. The third-order valence-corrected chi connectivity index (χ3v) is 6.70. The molecule has 2 N–H and O–H groups in total. The SMILES string of the molecule is Cc1nccc(Cl)c1-c1ccc(NC(=O)C(NC(=O)c2ccnn2C)C2CCC(F)(F)CC2)cc1. The van der Waals surface area contributed by atoms with E-state index in [2.05, 4.69) is 20.7 Å². The third kappa shape index (κ3) is 5.67. The minimum Gasteiger partial charge on any atom is -0.339 e. The maximum atomic E-state index is 13.7. The number of amides is 2. The monoisotopic (exact) mass is 501 g/mol. The second kappa shape index (κ2) is 10.1. The second-order valence-electron chi connectivity index (χ2n) is 8.80. The van der Waals surface area contributed by atoms with Crippen LogP contribution < -0.4 is 10.6 Å². The number of hydrogen-bond acceptors (Lipinski definition) is 4. The molecule has 0 aliphatic heterocycles. The molecule has 0 radical (unpaired) electrons. The van der Waals surface area contributed by atoms with Crippen molar-refractivity contribution in [1.29, 1.82) is 0 Å². The van der Waals surface area contributed by atoms with Crippen molar-refractivity contribution in [1.82, 2.24) is 20.1 Å². The molecule has 1 unspecified atom stereocenters. The van der Waals surface area contributed by atoms with Gasteiger partial charge in [-0.25, -0.2) is 8.78 Å². The Bertz CT molecular complexity index is 1200. The molecule has 1 aromatic carbocycles. The fourth-order valence-corrected chi connectivity index (χ4v) is 4.73. The summed E-state index contributed by atoms with van der Waals surface area (Å²) in [6.45, 7) is 1.86. The van der Waals surface area contributed by atoms with Gasteiger partial charge in [0.1, 0.15) is 11.7 Å². The summed E-state index contributed by atoms with van der Waals surface area (Å²) >= 11 is 6.33. The summed E-state index contributed by atoms with van der Waals surface area (Å²) in [5, 5.41) is 10.1. The molecule has 1 aliphatic carbocycles. The van der Waals surface area contributed by atoms with Crippen molar-refractivity contribution < 1.29 is 18.4 Å². The van der Waals surface area contributed by atoms with E-state index >= 15 is 0 Å². The van der Waals surface area contributed by atoms with E-state index in [-0.39, 0.29) is 31.4 Å². The molecular formula is C25H26ClF2N5O2. The van der Waals surface area contributed by atoms with Crippen LogP contribution in [0.3, 0.4) is 0 Å². The van der Waals surface area contributed by atoms with Gasteiger partial charge in [0, 0.05) is 49.2 Å². The van der Waals surface area contributed by atoms with Gasteiger partial charge in [-0.15, -0.1) is 0 Å². The van der Waals surface area contributed by atoms with E-state index in [4.69, 9.17) is 11.6 Å². The highest BCUT2D eigenvalue weighted by atomic mass is 35.5. The predicted octanol–water partition coefficient (Wildman–Crippen LogP) is 5.01. The molecular weight excluding hydrogens is 476 g/mol. The molecule has 2 aromatic heterocycles. The lowest BCUT2D eigenvalue weighted by molar-refractivity contribution is -0.121. The van der Waals surface area contributed by atoms with Gasteiger partial charge in [0.05, 0.1) is 5.02 Å². The Labute approximate surface area is 206 Å². The van der Waals surface area contributed by atoms with Gasteiger partial charge >= 0.3 is 0 Å². The number of nitrogens with zero attached hydrogens (tertiary/aromatic N) is 3. The summed E-state index contributed by atoms with van der Waals surface area (Å²) in [4.78, 5) is 30.3. The van der Waals surface area contributed by atoms with Crippen LogP contribution in [0.25, 0.3) is 11.1 Å². The van der Waals surface area contributed by atoms with Crippen LogP contribution >= 0.6 is 11.6 Å². The Hall–Kier alpha value is -3.33. The molecule has 1 atom stereocenters. The van der Waals surface area contributed by atoms with Crippen LogP contribution in [0, 0.1) is 12.8 Å². The standard InChI is InChI=1S/C25H26ClF2N5O2/c1-15-21(19(26)9-13-29-15)16-3-5-18(6-4-16)31-24(35)22(17-7-11-25(27,28)12-8-17)32-23(34)20-10-14-30-33(20)2/h3-6,9-10,13-14,17,22H,7-8,11-12H2,1-2H3,(H,31,35)(H,32,34). The van der Waals surface area contributed by atoms with Gasteiger partial charge in [0.15, 0.2) is 0 Å². The molecule has 184 valence electrons. The lowest BCUT2D eigenvalue weighted by Crippen LogP contribution is -2.50. The first kappa shape index (κ1) is 24.8. The van der Waals surface area contributed by atoms with Crippen molar-refractivity contribution in [2.24, 2.45) is 13.0 Å². The summed E-state index contributed by atoms with van der Waals surface area (Å²) in [5.74, 6) is -4.10. The molecule has 2 amide bonds. The van der Waals surface area contributed by atoms with Crippen LogP contribution in [-0.2, 0) is 11.8 Å². The van der Waals surface area contributed by atoms with E-state index in [0.717, 1.165) is 16.8 Å². The van der Waals surface area contributed by atoms with Gasteiger partial charge in [0.25, 0.3) is 5.91 Å². The summed E-state index contributed by atoms with van der Waals surface area (Å²) in [6, 6.07) is 9.36. The van der Waals surface area contributed by atoms with Crippen LogP contribution in [0.5, 0.6) is 0 Å². The molecule has 1 fully saturated rings. The van der Waals surface area contributed by atoms with Gasteiger partial charge in [-0.3, -0.25) is 19.3 Å². The Balaban J connectivity index is 1.52. The molecule has 0 saturated heterocycles. The van der Waals surface area contributed by atoms with Crippen LogP contribution in [0.1, 0.15) is 41.9 Å². The highest BCUT2D eigenvalue weighted by Gasteiger charge is 2.40. The molecule has 1 saturated carbocycles. The number of aryl methyl sites for hydroxylation is 2. The number of carbonyl (C=O) groups excluding carboxylic acids is 2.